The van der Waals surface area contributed by atoms with Gasteiger partial charge in [0.2, 0.25) is 0 Å². The zero-order chi connectivity index (χ0) is 15.0. The SMILES string of the molecule is O=C(O)[C@@]1(C(F)(F)F)CNC[C@@H]1Cc1cccc(Br)c1. The quantitative estimate of drug-likeness (QED) is 0.880. The molecule has 1 aromatic carbocycles. The minimum absolute atomic E-state index is 0.0400. The van der Waals surface area contributed by atoms with Crippen LogP contribution in [-0.4, -0.2) is 30.3 Å². The minimum atomic E-state index is -4.78. The van der Waals surface area contributed by atoms with Crippen LogP contribution in [0.1, 0.15) is 5.56 Å². The molecule has 0 bridgehead atoms. The summed E-state index contributed by atoms with van der Waals surface area (Å²) in [7, 11) is 0. The lowest BCUT2D eigenvalue weighted by Gasteiger charge is -2.32. The molecule has 1 aliphatic rings. The first kappa shape index (κ1) is 15.3. The summed E-state index contributed by atoms with van der Waals surface area (Å²) in [6, 6.07) is 6.90. The highest BCUT2D eigenvalue weighted by Crippen LogP contribution is 2.47. The molecule has 0 spiro atoms. The number of nitrogens with one attached hydrogen (secondary N) is 1. The summed E-state index contributed by atoms with van der Waals surface area (Å²) in [5, 5.41) is 11.7. The number of carbonyl (C=O) groups is 1. The second-order valence-corrected chi connectivity index (χ2v) is 5.85. The van der Waals surface area contributed by atoms with Gasteiger partial charge in [-0.15, -0.1) is 0 Å². The van der Waals surface area contributed by atoms with Gasteiger partial charge in [0.1, 0.15) is 0 Å². The van der Waals surface area contributed by atoms with E-state index >= 15 is 0 Å². The molecule has 0 amide bonds. The molecule has 0 aromatic heterocycles. The summed E-state index contributed by atoms with van der Waals surface area (Å²) in [6.07, 6.45) is -4.71. The molecule has 0 aliphatic carbocycles. The van der Waals surface area contributed by atoms with Gasteiger partial charge in [-0.25, -0.2) is 0 Å². The Morgan fingerprint density at radius 1 is 1.50 bits per heavy atom. The maximum atomic E-state index is 13.3. The minimum Gasteiger partial charge on any atom is -0.481 e. The number of carboxylic acids is 1. The van der Waals surface area contributed by atoms with Crippen molar-refractivity contribution < 1.29 is 23.1 Å². The summed E-state index contributed by atoms with van der Waals surface area (Å²) < 4.78 is 40.6. The summed E-state index contributed by atoms with van der Waals surface area (Å²) in [6.45, 7) is -0.539. The fraction of sp³-hybridized carbons (Fsp3) is 0.462. The van der Waals surface area contributed by atoms with Crippen LogP contribution in [0.25, 0.3) is 0 Å². The van der Waals surface area contributed by atoms with Gasteiger partial charge in [-0.05, 0) is 30.7 Å². The average Bonchev–Trinajstić information content (AvgIpc) is 2.73. The molecule has 0 radical (unpaired) electrons. The second-order valence-electron chi connectivity index (χ2n) is 4.94. The predicted molar refractivity (Wildman–Crippen MR) is 70.3 cm³/mol. The standard InChI is InChI=1S/C13H13BrF3NO2/c14-10-3-1-2-8(5-10)4-9-6-18-7-12(9,11(19)20)13(15,16)17/h1-3,5,9,18H,4,6-7H2,(H,19,20)/t9-,12+/m0/s1. The topological polar surface area (TPSA) is 49.3 Å². The summed E-state index contributed by atoms with van der Waals surface area (Å²) >= 11 is 3.25. The van der Waals surface area contributed by atoms with Crippen LogP contribution >= 0.6 is 15.9 Å². The van der Waals surface area contributed by atoms with Gasteiger partial charge in [0.15, 0.2) is 5.41 Å². The van der Waals surface area contributed by atoms with Gasteiger partial charge in [-0.1, -0.05) is 28.1 Å². The fourth-order valence-electron chi connectivity index (χ4n) is 2.66. The van der Waals surface area contributed by atoms with Gasteiger partial charge in [-0.2, -0.15) is 13.2 Å². The molecular formula is C13H13BrF3NO2. The van der Waals surface area contributed by atoms with E-state index in [-0.39, 0.29) is 13.0 Å². The van der Waals surface area contributed by atoms with E-state index in [4.69, 9.17) is 5.11 Å². The Morgan fingerprint density at radius 3 is 2.75 bits per heavy atom. The third-order valence-corrected chi connectivity index (χ3v) is 4.24. The maximum absolute atomic E-state index is 13.3. The van der Waals surface area contributed by atoms with E-state index in [9.17, 15) is 18.0 Å². The van der Waals surface area contributed by atoms with Crippen LogP contribution in [0.2, 0.25) is 0 Å². The number of aliphatic carboxylic acids is 1. The van der Waals surface area contributed by atoms with Crippen LogP contribution in [0.4, 0.5) is 13.2 Å². The Kier molecular flexibility index (Phi) is 4.11. The van der Waals surface area contributed by atoms with Crippen LogP contribution in [0.15, 0.2) is 28.7 Å². The lowest BCUT2D eigenvalue weighted by Crippen LogP contribution is -2.51. The van der Waals surface area contributed by atoms with E-state index in [1.807, 2.05) is 0 Å². The van der Waals surface area contributed by atoms with Crippen LogP contribution in [0.3, 0.4) is 0 Å². The second kappa shape index (κ2) is 5.37. The van der Waals surface area contributed by atoms with Gasteiger partial charge >= 0.3 is 12.1 Å². The van der Waals surface area contributed by atoms with Gasteiger partial charge < -0.3 is 10.4 Å². The van der Waals surface area contributed by atoms with Crippen LogP contribution in [0, 0.1) is 11.3 Å². The third kappa shape index (κ3) is 2.56. The number of benzene rings is 1. The van der Waals surface area contributed by atoms with Crippen LogP contribution < -0.4 is 5.32 Å². The molecule has 7 heteroatoms. The van der Waals surface area contributed by atoms with Gasteiger partial charge in [-0.3, -0.25) is 4.79 Å². The van der Waals surface area contributed by atoms with Crippen molar-refractivity contribution in [3.63, 3.8) is 0 Å². The van der Waals surface area contributed by atoms with E-state index in [0.29, 0.717) is 5.56 Å². The molecule has 3 nitrogen and oxygen atoms in total. The van der Waals surface area contributed by atoms with E-state index < -0.39 is 30.0 Å². The summed E-state index contributed by atoms with van der Waals surface area (Å²) in [5.74, 6) is -2.83. The summed E-state index contributed by atoms with van der Waals surface area (Å²) in [4.78, 5) is 11.3. The van der Waals surface area contributed by atoms with E-state index in [2.05, 4.69) is 21.2 Å². The molecule has 110 valence electrons. The first-order valence-electron chi connectivity index (χ1n) is 6.02. The maximum Gasteiger partial charge on any atom is 0.406 e. The van der Waals surface area contributed by atoms with Crippen molar-refractivity contribution in [2.24, 2.45) is 11.3 Å². The Morgan fingerprint density at radius 2 is 2.20 bits per heavy atom. The summed E-state index contributed by atoms with van der Waals surface area (Å²) in [5.41, 5.74) is -2.03. The highest BCUT2D eigenvalue weighted by molar-refractivity contribution is 9.10. The number of hydrogen-bond acceptors (Lipinski definition) is 2. The molecule has 2 N–H and O–H groups in total. The molecule has 0 saturated carbocycles. The molecule has 20 heavy (non-hydrogen) atoms. The van der Waals surface area contributed by atoms with Gasteiger partial charge in [0, 0.05) is 16.9 Å². The normalized spacial score (nSPS) is 26.7. The molecule has 2 atom stereocenters. The van der Waals surface area contributed by atoms with Gasteiger partial charge in [0.05, 0.1) is 0 Å². The Hall–Kier alpha value is -1.08. The smallest absolute Gasteiger partial charge is 0.406 e. The highest BCUT2D eigenvalue weighted by atomic mass is 79.9. The first-order valence-corrected chi connectivity index (χ1v) is 6.82. The van der Waals surface area contributed by atoms with Crippen molar-refractivity contribution in [2.75, 3.05) is 13.1 Å². The van der Waals surface area contributed by atoms with E-state index in [0.717, 1.165) is 4.47 Å². The molecule has 1 saturated heterocycles. The molecule has 2 rings (SSSR count). The molecular weight excluding hydrogens is 339 g/mol. The zero-order valence-corrected chi connectivity index (χ0v) is 12.0. The van der Waals surface area contributed by atoms with Crippen molar-refractivity contribution in [3.8, 4) is 0 Å². The number of hydrogen-bond donors (Lipinski definition) is 2. The number of alkyl halides is 3. The molecule has 0 unspecified atom stereocenters. The molecule has 1 heterocycles. The Labute approximate surface area is 122 Å². The van der Waals surface area contributed by atoms with Crippen molar-refractivity contribution >= 4 is 21.9 Å². The third-order valence-electron chi connectivity index (χ3n) is 3.75. The number of halogens is 4. The average molecular weight is 352 g/mol. The van der Waals surface area contributed by atoms with Crippen molar-refractivity contribution in [1.82, 2.24) is 5.32 Å². The highest BCUT2D eigenvalue weighted by Gasteiger charge is 2.66. The van der Waals surface area contributed by atoms with E-state index in [1.54, 1.807) is 24.3 Å². The van der Waals surface area contributed by atoms with Crippen molar-refractivity contribution in [3.05, 3.63) is 34.3 Å². The fourth-order valence-corrected chi connectivity index (χ4v) is 3.11. The zero-order valence-electron chi connectivity index (χ0n) is 10.4. The van der Waals surface area contributed by atoms with Crippen molar-refractivity contribution in [2.45, 2.75) is 12.6 Å². The Bertz CT molecular complexity index is 521. The number of rotatable bonds is 3. The van der Waals surface area contributed by atoms with Gasteiger partial charge in [0.25, 0.3) is 0 Å². The molecule has 1 aromatic rings. The van der Waals surface area contributed by atoms with Crippen LogP contribution in [0.5, 0.6) is 0 Å². The first-order chi connectivity index (χ1) is 9.27. The van der Waals surface area contributed by atoms with E-state index in [1.165, 1.54) is 0 Å². The number of carboxylic acid groups (broad SMARTS) is 1. The lowest BCUT2D eigenvalue weighted by molar-refractivity contribution is -0.236. The Balaban J connectivity index is 2.32. The predicted octanol–water partition coefficient (Wildman–Crippen LogP) is 2.84. The van der Waals surface area contributed by atoms with Crippen molar-refractivity contribution in [1.29, 1.82) is 0 Å². The molecule has 1 fully saturated rings. The largest absolute Gasteiger partial charge is 0.481 e. The molecule has 1 aliphatic heterocycles. The van der Waals surface area contributed by atoms with Crippen LogP contribution in [-0.2, 0) is 11.2 Å². The lowest BCUT2D eigenvalue weighted by atomic mass is 9.74. The monoisotopic (exact) mass is 351 g/mol.